The molecule has 0 aromatic carbocycles. The fraction of sp³-hybridized carbons (Fsp3) is 0.933. The number of aliphatic hydroxyl groups is 2. The van der Waals surface area contributed by atoms with Gasteiger partial charge in [-0.2, -0.15) is 0 Å². The van der Waals surface area contributed by atoms with Crippen molar-refractivity contribution in [2.24, 2.45) is 0 Å². The van der Waals surface area contributed by atoms with Gasteiger partial charge in [0.25, 0.3) is 0 Å². The number of carbonyl (C=O) groups is 1. The van der Waals surface area contributed by atoms with Crippen LogP contribution in [-0.4, -0.2) is 46.8 Å². The summed E-state index contributed by atoms with van der Waals surface area (Å²) < 4.78 is 0. The van der Waals surface area contributed by atoms with Gasteiger partial charge < -0.3 is 15.1 Å². The third-order valence-electron chi connectivity index (χ3n) is 3.20. The van der Waals surface area contributed by atoms with Gasteiger partial charge in [-0.3, -0.25) is 4.79 Å². The van der Waals surface area contributed by atoms with Gasteiger partial charge in [-0.1, -0.05) is 45.4 Å². The van der Waals surface area contributed by atoms with Gasteiger partial charge in [0.15, 0.2) is 0 Å². The number of rotatable bonds is 12. The van der Waals surface area contributed by atoms with Crippen LogP contribution in [0.4, 0.5) is 0 Å². The maximum Gasteiger partial charge on any atom is 0.222 e. The number of hydrogen-bond donors (Lipinski definition) is 2. The van der Waals surface area contributed by atoms with E-state index < -0.39 is 6.10 Å². The van der Waals surface area contributed by atoms with Crippen molar-refractivity contribution in [3.05, 3.63) is 0 Å². The minimum Gasteiger partial charge on any atom is -0.395 e. The van der Waals surface area contributed by atoms with Crippen LogP contribution in [0.1, 0.15) is 65.2 Å². The van der Waals surface area contributed by atoms with Crippen molar-refractivity contribution in [1.29, 1.82) is 0 Å². The van der Waals surface area contributed by atoms with Crippen molar-refractivity contribution in [2.75, 3.05) is 19.7 Å². The van der Waals surface area contributed by atoms with E-state index in [4.69, 9.17) is 5.11 Å². The normalized spacial score (nSPS) is 12.4. The van der Waals surface area contributed by atoms with Crippen LogP contribution < -0.4 is 0 Å². The summed E-state index contributed by atoms with van der Waals surface area (Å²) in [5.41, 5.74) is 0. The van der Waals surface area contributed by atoms with Crippen LogP contribution in [0.15, 0.2) is 0 Å². The Kier molecular flexibility index (Phi) is 12.0. The second-order valence-corrected chi connectivity index (χ2v) is 5.28. The fourth-order valence-electron chi connectivity index (χ4n) is 2.15. The number of carbonyl (C=O) groups excluding carboxylic acids is 1. The van der Waals surface area contributed by atoms with Crippen LogP contribution in [0.2, 0.25) is 0 Å². The molecule has 2 N–H and O–H groups in total. The Morgan fingerprint density at radius 2 is 1.68 bits per heavy atom. The third kappa shape index (κ3) is 11.0. The topological polar surface area (TPSA) is 60.8 Å². The molecule has 0 rings (SSSR count). The fourth-order valence-corrected chi connectivity index (χ4v) is 2.15. The molecule has 0 spiro atoms. The largest absolute Gasteiger partial charge is 0.395 e. The van der Waals surface area contributed by atoms with Gasteiger partial charge in [0.05, 0.1) is 12.7 Å². The maximum absolute atomic E-state index is 11.9. The molecule has 0 saturated carbocycles. The van der Waals surface area contributed by atoms with Gasteiger partial charge in [-0.05, 0) is 13.3 Å². The molecule has 0 bridgehead atoms. The van der Waals surface area contributed by atoms with Crippen LogP contribution in [-0.2, 0) is 4.79 Å². The van der Waals surface area contributed by atoms with Crippen LogP contribution in [0.25, 0.3) is 0 Å². The average molecular weight is 273 g/mol. The van der Waals surface area contributed by atoms with E-state index in [1.54, 1.807) is 11.8 Å². The van der Waals surface area contributed by atoms with Crippen molar-refractivity contribution in [1.82, 2.24) is 4.90 Å². The molecule has 0 heterocycles. The lowest BCUT2D eigenvalue weighted by atomic mass is 10.1. The summed E-state index contributed by atoms with van der Waals surface area (Å²) >= 11 is 0. The summed E-state index contributed by atoms with van der Waals surface area (Å²) in [7, 11) is 0. The van der Waals surface area contributed by atoms with Crippen molar-refractivity contribution in [2.45, 2.75) is 71.3 Å². The van der Waals surface area contributed by atoms with E-state index in [9.17, 15) is 9.90 Å². The Bertz CT molecular complexity index is 219. The van der Waals surface area contributed by atoms with Gasteiger partial charge >= 0.3 is 0 Å². The van der Waals surface area contributed by atoms with E-state index in [1.165, 1.54) is 32.1 Å². The summed E-state index contributed by atoms with van der Waals surface area (Å²) in [6.07, 6.45) is 8.31. The van der Waals surface area contributed by atoms with Gasteiger partial charge in [0.2, 0.25) is 5.91 Å². The highest BCUT2D eigenvalue weighted by Crippen LogP contribution is 2.09. The lowest BCUT2D eigenvalue weighted by Gasteiger charge is -2.23. The van der Waals surface area contributed by atoms with E-state index in [0.717, 1.165) is 12.8 Å². The summed E-state index contributed by atoms with van der Waals surface area (Å²) in [5.74, 6) is 0.0449. The quantitative estimate of drug-likeness (QED) is 0.536. The molecule has 0 aliphatic heterocycles. The van der Waals surface area contributed by atoms with E-state index in [1.807, 2.05) is 0 Å². The van der Waals surface area contributed by atoms with E-state index >= 15 is 0 Å². The molecule has 0 aromatic heterocycles. The van der Waals surface area contributed by atoms with E-state index in [0.29, 0.717) is 19.5 Å². The molecule has 4 nitrogen and oxygen atoms in total. The lowest BCUT2D eigenvalue weighted by molar-refractivity contribution is -0.133. The molecule has 1 amide bonds. The maximum atomic E-state index is 11.9. The molecule has 1 atom stereocenters. The van der Waals surface area contributed by atoms with Crippen molar-refractivity contribution in [3.8, 4) is 0 Å². The SMILES string of the molecule is CCCCCCCCCC(=O)N(CCO)C[C@H](C)O. The molecule has 0 aliphatic carbocycles. The second kappa shape index (κ2) is 12.4. The highest BCUT2D eigenvalue weighted by atomic mass is 16.3. The minimum absolute atomic E-state index is 0.0449. The first kappa shape index (κ1) is 18.4. The molecule has 0 fully saturated rings. The van der Waals surface area contributed by atoms with Crippen LogP contribution in [0.3, 0.4) is 0 Å². The number of unbranched alkanes of at least 4 members (excludes halogenated alkanes) is 6. The first-order valence-corrected chi connectivity index (χ1v) is 7.68. The Hall–Kier alpha value is -0.610. The smallest absolute Gasteiger partial charge is 0.222 e. The Balaban J connectivity index is 3.68. The standard InChI is InChI=1S/C15H31NO3/c1-3-4-5-6-7-8-9-10-15(19)16(11-12-17)13-14(2)18/h14,17-18H,3-13H2,1-2H3/t14-/m0/s1. The first-order valence-electron chi connectivity index (χ1n) is 7.68. The molecule has 0 aliphatic rings. The monoisotopic (exact) mass is 273 g/mol. The van der Waals surface area contributed by atoms with Gasteiger partial charge in [-0.25, -0.2) is 0 Å². The number of amides is 1. The summed E-state index contributed by atoms with van der Waals surface area (Å²) in [6.45, 7) is 4.45. The van der Waals surface area contributed by atoms with E-state index in [-0.39, 0.29) is 12.5 Å². The second-order valence-electron chi connectivity index (χ2n) is 5.28. The Morgan fingerprint density at radius 3 is 2.21 bits per heavy atom. The summed E-state index contributed by atoms with van der Waals surface area (Å²) in [6, 6.07) is 0. The molecule has 0 saturated heterocycles. The minimum atomic E-state index is -0.537. The third-order valence-corrected chi connectivity index (χ3v) is 3.20. The highest BCUT2D eigenvalue weighted by Gasteiger charge is 2.14. The zero-order valence-electron chi connectivity index (χ0n) is 12.6. The van der Waals surface area contributed by atoms with Gasteiger partial charge in [0, 0.05) is 19.5 Å². The molecule has 114 valence electrons. The van der Waals surface area contributed by atoms with Crippen molar-refractivity contribution >= 4 is 5.91 Å². The first-order chi connectivity index (χ1) is 9.11. The Morgan fingerprint density at radius 1 is 1.11 bits per heavy atom. The summed E-state index contributed by atoms with van der Waals surface area (Å²) in [4.78, 5) is 13.5. The predicted octanol–water partition coefficient (Wildman–Crippen LogP) is 2.33. The molecular weight excluding hydrogens is 242 g/mol. The molecular formula is C15H31NO3. The lowest BCUT2D eigenvalue weighted by Crippen LogP contribution is -2.38. The zero-order chi connectivity index (χ0) is 14.5. The molecule has 19 heavy (non-hydrogen) atoms. The predicted molar refractivity (Wildman–Crippen MR) is 78.0 cm³/mol. The molecule has 4 heteroatoms. The van der Waals surface area contributed by atoms with Gasteiger partial charge in [-0.15, -0.1) is 0 Å². The molecule has 0 radical (unpaired) electrons. The summed E-state index contributed by atoms with van der Waals surface area (Å²) in [5, 5.41) is 18.2. The van der Waals surface area contributed by atoms with Crippen LogP contribution in [0, 0.1) is 0 Å². The molecule has 0 aromatic rings. The number of hydrogen-bond acceptors (Lipinski definition) is 3. The number of nitrogens with zero attached hydrogens (tertiary/aromatic N) is 1. The molecule has 0 unspecified atom stereocenters. The van der Waals surface area contributed by atoms with Crippen molar-refractivity contribution < 1.29 is 15.0 Å². The van der Waals surface area contributed by atoms with Crippen molar-refractivity contribution in [3.63, 3.8) is 0 Å². The van der Waals surface area contributed by atoms with E-state index in [2.05, 4.69) is 6.92 Å². The zero-order valence-corrected chi connectivity index (χ0v) is 12.6. The van der Waals surface area contributed by atoms with Gasteiger partial charge in [0.1, 0.15) is 0 Å². The van der Waals surface area contributed by atoms with Crippen LogP contribution in [0.5, 0.6) is 0 Å². The Labute approximate surface area is 117 Å². The number of aliphatic hydroxyl groups excluding tert-OH is 2. The average Bonchev–Trinajstić information content (AvgIpc) is 2.36. The van der Waals surface area contributed by atoms with Crippen LogP contribution >= 0.6 is 0 Å². The highest BCUT2D eigenvalue weighted by molar-refractivity contribution is 5.76.